The van der Waals surface area contributed by atoms with Gasteiger partial charge in [0.1, 0.15) is 11.9 Å². The molecule has 2 fully saturated rings. The van der Waals surface area contributed by atoms with Crippen molar-refractivity contribution in [1.82, 2.24) is 9.80 Å². The van der Waals surface area contributed by atoms with Crippen molar-refractivity contribution in [2.45, 2.75) is 31.4 Å². The molecule has 1 aromatic carbocycles. The first-order chi connectivity index (χ1) is 10.1. The van der Waals surface area contributed by atoms with E-state index in [1.165, 1.54) is 18.2 Å². The average Bonchev–Trinajstić information content (AvgIpc) is 2.73. The number of benzene rings is 1. The predicted octanol–water partition coefficient (Wildman–Crippen LogP) is 1.68. The van der Waals surface area contributed by atoms with Crippen LogP contribution in [0.1, 0.15) is 30.9 Å². The van der Waals surface area contributed by atoms with Gasteiger partial charge in [0.05, 0.1) is 12.6 Å². The Labute approximate surface area is 122 Å². The number of amides is 3. The Hall–Kier alpha value is -1.95. The summed E-state index contributed by atoms with van der Waals surface area (Å²) in [7, 11) is 0. The van der Waals surface area contributed by atoms with Crippen LogP contribution in [-0.4, -0.2) is 46.0 Å². The Morgan fingerprint density at radius 1 is 1.29 bits per heavy atom. The van der Waals surface area contributed by atoms with Gasteiger partial charge in [-0.25, -0.2) is 9.18 Å². The van der Waals surface area contributed by atoms with E-state index in [1.807, 2.05) is 0 Å². The van der Waals surface area contributed by atoms with Gasteiger partial charge in [0.25, 0.3) is 5.91 Å². The van der Waals surface area contributed by atoms with E-state index in [2.05, 4.69) is 0 Å². The topological polar surface area (TPSA) is 60.9 Å². The van der Waals surface area contributed by atoms with E-state index in [1.54, 1.807) is 11.0 Å². The summed E-state index contributed by atoms with van der Waals surface area (Å²) in [5, 5.41) is 10.1. The Morgan fingerprint density at radius 3 is 2.76 bits per heavy atom. The molecular formula is C15H17FN2O3. The highest BCUT2D eigenvalue weighted by Gasteiger charge is 2.46. The Kier molecular flexibility index (Phi) is 3.63. The molecule has 0 aliphatic carbocycles. The van der Waals surface area contributed by atoms with Gasteiger partial charge >= 0.3 is 6.03 Å². The first kappa shape index (κ1) is 14.0. The SMILES string of the molecule is O=C1[C@@H]2CCCCN2C(=O)N1C[C@@H](O)c1ccccc1F. The molecule has 21 heavy (non-hydrogen) atoms. The van der Waals surface area contributed by atoms with Crippen LogP contribution >= 0.6 is 0 Å². The molecule has 0 aromatic heterocycles. The van der Waals surface area contributed by atoms with Crippen molar-refractivity contribution in [2.24, 2.45) is 0 Å². The summed E-state index contributed by atoms with van der Waals surface area (Å²) in [5.74, 6) is -0.822. The number of hydrogen-bond acceptors (Lipinski definition) is 3. The molecular weight excluding hydrogens is 275 g/mol. The fourth-order valence-corrected chi connectivity index (χ4v) is 3.03. The van der Waals surface area contributed by atoms with E-state index >= 15 is 0 Å². The van der Waals surface area contributed by atoms with Gasteiger partial charge in [-0.1, -0.05) is 18.2 Å². The average molecular weight is 292 g/mol. The molecule has 2 atom stereocenters. The summed E-state index contributed by atoms with van der Waals surface area (Å²) < 4.78 is 13.6. The maximum absolute atomic E-state index is 13.6. The van der Waals surface area contributed by atoms with Crippen molar-refractivity contribution in [3.05, 3.63) is 35.6 Å². The van der Waals surface area contributed by atoms with Crippen molar-refractivity contribution in [3.63, 3.8) is 0 Å². The minimum atomic E-state index is -1.21. The van der Waals surface area contributed by atoms with Gasteiger partial charge in [0, 0.05) is 12.1 Å². The van der Waals surface area contributed by atoms with Gasteiger partial charge in [0.2, 0.25) is 0 Å². The number of imide groups is 1. The minimum absolute atomic E-state index is 0.1000. The smallest absolute Gasteiger partial charge is 0.327 e. The van der Waals surface area contributed by atoms with Crippen LogP contribution in [0.4, 0.5) is 9.18 Å². The molecule has 6 heteroatoms. The maximum Gasteiger partial charge on any atom is 0.327 e. The lowest BCUT2D eigenvalue weighted by Gasteiger charge is -2.26. The third kappa shape index (κ3) is 2.40. The summed E-state index contributed by atoms with van der Waals surface area (Å²) in [6.45, 7) is 0.368. The number of nitrogens with zero attached hydrogens (tertiary/aromatic N) is 2. The molecule has 3 rings (SSSR count). The van der Waals surface area contributed by atoms with Crippen LogP contribution < -0.4 is 0 Å². The molecule has 1 N–H and O–H groups in total. The van der Waals surface area contributed by atoms with E-state index < -0.39 is 18.0 Å². The molecule has 2 aliphatic rings. The second-order valence-corrected chi connectivity index (χ2v) is 5.47. The van der Waals surface area contributed by atoms with E-state index in [9.17, 15) is 19.1 Å². The van der Waals surface area contributed by atoms with Crippen LogP contribution in [0, 0.1) is 5.82 Å². The van der Waals surface area contributed by atoms with Gasteiger partial charge in [-0.2, -0.15) is 0 Å². The first-order valence-electron chi connectivity index (χ1n) is 7.14. The minimum Gasteiger partial charge on any atom is -0.386 e. The Bertz CT molecular complexity index is 554. The first-order valence-corrected chi connectivity index (χ1v) is 7.14. The highest BCUT2D eigenvalue weighted by molar-refractivity contribution is 6.04. The zero-order chi connectivity index (χ0) is 15.0. The van der Waals surface area contributed by atoms with E-state index in [4.69, 9.17) is 0 Å². The molecule has 3 amide bonds. The maximum atomic E-state index is 13.6. The van der Waals surface area contributed by atoms with Gasteiger partial charge < -0.3 is 10.0 Å². The van der Waals surface area contributed by atoms with E-state index in [0.717, 1.165) is 17.7 Å². The highest BCUT2D eigenvalue weighted by Crippen LogP contribution is 2.28. The number of hydrogen-bond donors (Lipinski definition) is 1. The predicted molar refractivity (Wildman–Crippen MR) is 72.8 cm³/mol. The summed E-state index contributed by atoms with van der Waals surface area (Å²) >= 11 is 0. The quantitative estimate of drug-likeness (QED) is 0.862. The number of β-amino-alcohol motifs (C(OH)–C–C–N with tert-alkyl or cyclic N) is 1. The van der Waals surface area contributed by atoms with Crippen LogP contribution in [0.25, 0.3) is 0 Å². The van der Waals surface area contributed by atoms with Crippen molar-refractivity contribution in [3.8, 4) is 0 Å². The summed E-state index contributed by atoms with van der Waals surface area (Å²) in [5.41, 5.74) is 0.1000. The molecule has 0 saturated carbocycles. The van der Waals surface area contributed by atoms with Crippen molar-refractivity contribution in [1.29, 1.82) is 0 Å². The third-order valence-corrected chi connectivity index (χ3v) is 4.15. The second-order valence-electron chi connectivity index (χ2n) is 5.47. The number of fused-ring (bicyclic) bond motifs is 1. The second kappa shape index (κ2) is 5.44. The summed E-state index contributed by atoms with van der Waals surface area (Å²) in [6, 6.07) is 5.06. The lowest BCUT2D eigenvalue weighted by atomic mass is 10.0. The largest absolute Gasteiger partial charge is 0.386 e. The zero-order valence-electron chi connectivity index (χ0n) is 11.5. The fourth-order valence-electron chi connectivity index (χ4n) is 3.03. The number of aliphatic hydroxyl groups excluding tert-OH is 1. The molecule has 5 nitrogen and oxygen atoms in total. The number of carbonyl (C=O) groups is 2. The molecule has 1 aromatic rings. The van der Waals surface area contributed by atoms with Crippen LogP contribution in [0.15, 0.2) is 24.3 Å². The number of aliphatic hydroxyl groups is 1. The standard InChI is InChI=1S/C15H17FN2O3/c16-11-6-2-1-5-10(11)13(19)9-18-14(20)12-7-3-4-8-17(12)15(18)21/h1-2,5-6,12-13,19H,3-4,7-9H2/t12-,13+/m0/s1. The van der Waals surface area contributed by atoms with Crippen LogP contribution in [0.3, 0.4) is 0 Å². The van der Waals surface area contributed by atoms with Gasteiger partial charge in [-0.15, -0.1) is 0 Å². The summed E-state index contributed by atoms with van der Waals surface area (Å²) in [6.07, 6.45) is 1.26. The number of carbonyl (C=O) groups excluding carboxylic acids is 2. The normalized spacial score (nSPS) is 23.4. The van der Waals surface area contributed by atoms with Gasteiger partial charge in [-0.05, 0) is 25.3 Å². The third-order valence-electron chi connectivity index (χ3n) is 4.15. The van der Waals surface area contributed by atoms with Crippen molar-refractivity contribution < 1.29 is 19.1 Å². The van der Waals surface area contributed by atoms with Crippen LogP contribution in [0.5, 0.6) is 0 Å². The van der Waals surface area contributed by atoms with Crippen molar-refractivity contribution in [2.75, 3.05) is 13.1 Å². The Morgan fingerprint density at radius 2 is 2.05 bits per heavy atom. The van der Waals surface area contributed by atoms with E-state index in [0.29, 0.717) is 13.0 Å². The zero-order valence-corrected chi connectivity index (χ0v) is 11.5. The van der Waals surface area contributed by atoms with Crippen LogP contribution in [0.2, 0.25) is 0 Å². The molecule has 0 spiro atoms. The molecule has 0 unspecified atom stereocenters. The lowest BCUT2D eigenvalue weighted by molar-refractivity contribution is -0.129. The molecule has 2 saturated heterocycles. The lowest BCUT2D eigenvalue weighted by Crippen LogP contribution is -2.39. The number of rotatable bonds is 3. The fraction of sp³-hybridized carbons (Fsp3) is 0.467. The Balaban J connectivity index is 1.77. The molecule has 0 bridgehead atoms. The van der Waals surface area contributed by atoms with Gasteiger partial charge in [0.15, 0.2) is 0 Å². The molecule has 112 valence electrons. The number of piperidine rings is 1. The monoisotopic (exact) mass is 292 g/mol. The highest BCUT2D eigenvalue weighted by atomic mass is 19.1. The summed E-state index contributed by atoms with van der Waals surface area (Å²) in [4.78, 5) is 27.1. The van der Waals surface area contributed by atoms with Crippen LogP contribution in [-0.2, 0) is 4.79 Å². The molecule has 0 radical (unpaired) electrons. The molecule has 2 heterocycles. The number of halogens is 1. The van der Waals surface area contributed by atoms with Crippen molar-refractivity contribution >= 4 is 11.9 Å². The number of urea groups is 1. The van der Waals surface area contributed by atoms with E-state index in [-0.39, 0.29) is 24.0 Å². The van der Waals surface area contributed by atoms with Gasteiger partial charge in [-0.3, -0.25) is 9.69 Å². The molecule has 2 aliphatic heterocycles.